The average molecular weight is 253 g/mol. The fourth-order valence-corrected chi connectivity index (χ4v) is 4.38. The van der Waals surface area contributed by atoms with Crippen LogP contribution in [0.5, 0.6) is 0 Å². The zero-order valence-electron chi connectivity index (χ0n) is 12.2. The van der Waals surface area contributed by atoms with E-state index in [0.29, 0.717) is 12.5 Å². The zero-order chi connectivity index (χ0) is 13.2. The third-order valence-corrected chi connectivity index (χ3v) is 5.67. The van der Waals surface area contributed by atoms with Gasteiger partial charge in [0, 0.05) is 12.0 Å². The molecule has 0 spiro atoms. The maximum atomic E-state index is 10.9. The molecule has 0 aromatic rings. The van der Waals surface area contributed by atoms with E-state index in [1.165, 1.54) is 38.5 Å². The normalized spacial score (nSPS) is 43.7. The van der Waals surface area contributed by atoms with E-state index in [-0.39, 0.29) is 11.5 Å². The summed E-state index contributed by atoms with van der Waals surface area (Å²) in [4.78, 5) is 0. The van der Waals surface area contributed by atoms with Crippen molar-refractivity contribution in [3.05, 3.63) is 0 Å². The fourth-order valence-electron chi connectivity index (χ4n) is 4.38. The number of hydrogen-bond acceptors (Lipinski definition) is 2. The SMILES string of the molecule is CC1CCC(C(O)C2(CN)CCCC(C)C2)CC1. The zero-order valence-corrected chi connectivity index (χ0v) is 12.2. The Morgan fingerprint density at radius 1 is 1.11 bits per heavy atom. The van der Waals surface area contributed by atoms with Crippen LogP contribution in [0, 0.1) is 23.2 Å². The molecule has 18 heavy (non-hydrogen) atoms. The highest BCUT2D eigenvalue weighted by atomic mass is 16.3. The summed E-state index contributed by atoms with van der Waals surface area (Å²) in [6.45, 7) is 5.33. The second-order valence-corrected chi connectivity index (χ2v) is 7.23. The van der Waals surface area contributed by atoms with Gasteiger partial charge in [0.15, 0.2) is 0 Å². The highest BCUT2D eigenvalue weighted by molar-refractivity contribution is 4.95. The number of hydrogen-bond donors (Lipinski definition) is 2. The molecule has 3 N–H and O–H groups in total. The summed E-state index contributed by atoms with van der Waals surface area (Å²) < 4.78 is 0. The summed E-state index contributed by atoms with van der Waals surface area (Å²) in [5, 5.41) is 10.9. The molecule has 0 heterocycles. The molecule has 2 nitrogen and oxygen atoms in total. The Balaban J connectivity index is 2.02. The standard InChI is InChI=1S/C16H31NO/c1-12-5-7-14(8-6-12)15(18)16(11-17)9-3-4-13(2)10-16/h12-15,18H,3-11,17H2,1-2H3. The first-order chi connectivity index (χ1) is 8.57. The van der Waals surface area contributed by atoms with Gasteiger partial charge in [-0.15, -0.1) is 0 Å². The average Bonchev–Trinajstić information content (AvgIpc) is 2.38. The minimum atomic E-state index is -0.155. The quantitative estimate of drug-likeness (QED) is 0.810. The van der Waals surface area contributed by atoms with E-state index in [0.717, 1.165) is 24.7 Å². The third-order valence-electron chi connectivity index (χ3n) is 5.67. The maximum absolute atomic E-state index is 10.9. The van der Waals surface area contributed by atoms with Crippen molar-refractivity contribution in [1.82, 2.24) is 0 Å². The van der Waals surface area contributed by atoms with Gasteiger partial charge in [-0.25, -0.2) is 0 Å². The molecule has 0 saturated heterocycles. The molecule has 3 atom stereocenters. The molecule has 0 aliphatic heterocycles. The molecule has 0 amide bonds. The first-order valence-corrected chi connectivity index (χ1v) is 7.95. The molecule has 3 unspecified atom stereocenters. The Hall–Kier alpha value is -0.0800. The van der Waals surface area contributed by atoms with Crippen molar-refractivity contribution in [1.29, 1.82) is 0 Å². The van der Waals surface area contributed by atoms with E-state index in [2.05, 4.69) is 13.8 Å². The fraction of sp³-hybridized carbons (Fsp3) is 1.00. The summed E-state index contributed by atoms with van der Waals surface area (Å²) in [6.07, 6.45) is 9.68. The van der Waals surface area contributed by atoms with E-state index >= 15 is 0 Å². The van der Waals surface area contributed by atoms with Crippen molar-refractivity contribution in [3.8, 4) is 0 Å². The predicted molar refractivity (Wildman–Crippen MR) is 76.2 cm³/mol. The van der Waals surface area contributed by atoms with Crippen molar-refractivity contribution >= 4 is 0 Å². The summed E-state index contributed by atoms with van der Waals surface area (Å²) in [5.74, 6) is 2.10. The molecule has 0 aromatic carbocycles. The van der Waals surface area contributed by atoms with Gasteiger partial charge in [0.2, 0.25) is 0 Å². The molecule has 2 heteroatoms. The molecular formula is C16H31NO. The van der Waals surface area contributed by atoms with Crippen LogP contribution in [0.3, 0.4) is 0 Å². The number of nitrogens with two attached hydrogens (primary N) is 1. The van der Waals surface area contributed by atoms with Gasteiger partial charge in [-0.1, -0.05) is 39.5 Å². The summed E-state index contributed by atoms with van der Waals surface area (Å²) in [6, 6.07) is 0. The van der Waals surface area contributed by atoms with Crippen LogP contribution >= 0.6 is 0 Å². The Kier molecular flexibility index (Phi) is 4.71. The maximum Gasteiger partial charge on any atom is 0.0636 e. The molecule has 2 rings (SSSR count). The second-order valence-electron chi connectivity index (χ2n) is 7.23. The van der Waals surface area contributed by atoms with E-state index in [1.54, 1.807) is 0 Å². The lowest BCUT2D eigenvalue weighted by Crippen LogP contribution is -2.49. The Labute approximate surface area is 112 Å². The lowest BCUT2D eigenvalue weighted by Gasteiger charge is -2.46. The minimum absolute atomic E-state index is 0.0307. The van der Waals surface area contributed by atoms with E-state index in [1.807, 2.05) is 0 Å². The minimum Gasteiger partial charge on any atom is -0.392 e. The van der Waals surface area contributed by atoms with Crippen LogP contribution in [0.4, 0.5) is 0 Å². The van der Waals surface area contributed by atoms with Crippen molar-refractivity contribution in [2.24, 2.45) is 28.9 Å². The first-order valence-electron chi connectivity index (χ1n) is 7.95. The lowest BCUT2D eigenvalue weighted by molar-refractivity contribution is -0.0587. The molecule has 2 saturated carbocycles. The van der Waals surface area contributed by atoms with Crippen molar-refractivity contribution in [2.45, 2.75) is 71.3 Å². The molecule has 2 aliphatic carbocycles. The monoisotopic (exact) mass is 253 g/mol. The summed E-state index contributed by atoms with van der Waals surface area (Å²) in [7, 11) is 0. The highest BCUT2D eigenvalue weighted by Gasteiger charge is 2.43. The van der Waals surface area contributed by atoms with Crippen LogP contribution in [0.15, 0.2) is 0 Å². The second kappa shape index (κ2) is 5.92. The van der Waals surface area contributed by atoms with Crippen LogP contribution < -0.4 is 5.73 Å². The van der Waals surface area contributed by atoms with Crippen LogP contribution in [0.2, 0.25) is 0 Å². The highest BCUT2D eigenvalue weighted by Crippen LogP contribution is 2.46. The molecule has 0 bridgehead atoms. The van der Waals surface area contributed by atoms with Crippen molar-refractivity contribution < 1.29 is 5.11 Å². The van der Waals surface area contributed by atoms with Crippen LogP contribution in [-0.2, 0) is 0 Å². The van der Waals surface area contributed by atoms with E-state index < -0.39 is 0 Å². The molecule has 2 fully saturated rings. The van der Waals surface area contributed by atoms with Crippen molar-refractivity contribution in [3.63, 3.8) is 0 Å². The van der Waals surface area contributed by atoms with Crippen LogP contribution in [0.1, 0.15) is 65.2 Å². The van der Waals surface area contributed by atoms with Gasteiger partial charge in [0.05, 0.1) is 6.10 Å². The Morgan fingerprint density at radius 2 is 1.78 bits per heavy atom. The topological polar surface area (TPSA) is 46.2 Å². The van der Waals surface area contributed by atoms with Gasteiger partial charge in [0.25, 0.3) is 0 Å². The van der Waals surface area contributed by atoms with Crippen LogP contribution in [0.25, 0.3) is 0 Å². The molecule has 2 aliphatic rings. The smallest absolute Gasteiger partial charge is 0.0636 e. The number of rotatable bonds is 3. The van der Waals surface area contributed by atoms with Gasteiger partial charge in [-0.3, -0.25) is 0 Å². The molecule has 106 valence electrons. The Morgan fingerprint density at radius 3 is 2.33 bits per heavy atom. The van der Waals surface area contributed by atoms with Gasteiger partial charge < -0.3 is 10.8 Å². The van der Waals surface area contributed by atoms with Gasteiger partial charge in [-0.2, -0.15) is 0 Å². The molecule has 0 radical (unpaired) electrons. The van der Waals surface area contributed by atoms with Gasteiger partial charge >= 0.3 is 0 Å². The predicted octanol–water partition coefficient (Wildman–Crippen LogP) is 3.33. The van der Waals surface area contributed by atoms with Gasteiger partial charge in [-0.05, 0) is 43.4 Å². The van der Waals surface area contributed by atoms with Gasteiger partial charge in [0.1, 0.15) is 0 Å². The third kappa shape index (κ3) is 2.91. The number of aliphatic hydroxyl groups excluding tert-OH is 1. The molecular weight excluding hydrogens is 222 g/mol. The largest absolute Gasteiger partial charge is 0.392 e. The van der Waals surface area contributed by atoms with E-state index in [4.69, 9.17) is 5.73 Å². The number of aliphatic hydroxyl groups is 1. The Bertz CT molecular complexity index is 260. The lowest BCUT2D eigenvalue weighted by atomic mass is 9.62. The van der Waals surface area contributed by atoms with E-state index in [9.17, 15) is 5.11 Å². The molecule has 0 aromatic heterocycles. The van der Waals surface area contributed by atoms with Crippen molar-refractivity contribution in [2.75, 3.05) is 6.54 Å². The summed E-state index contributed by atoms with van der Waals surface area (Å²) in [5.41, 5.74) is 6.11. The first kappa shape index (κ1) is 14.3. The van der Waals surface area contributed by atoms with Crippen LogP contribution in [-0.4, -0.2) is 17.8 Å². The summed E-state index contributed by atoms with van der Waals surface area (Å²) >= 11 is 0.